The highest BCUT2D eigenvalue weighted by Crippen LogP contribution is 2.31. The third kappa shape index (κ3) is 4.08. The molecule has 1 aromatic heterocycles. The van der Waals surface area contributed by atoms with E-state index in [0.29, 0.717) is 28.8 Å². The van der Waals surface area contributed by atoms with Crippen LogP contribution in [0.1, 0.15) is 28.2 Å². The first-order chi connectivity index (χ1) is 16.0. The van der Waals surface area contributed by atoms with Crippen molar-refractivity contribution < 1.29 is 18.7 Å². The molecular formula is C24H23FN4O3S. The molecule has 2 aliphatic rings. The molecule has 1 fully saturated rings. The van der Waals surface area contributed by atoms with Crippen molar-refractivity contribution in [3.63, 3.8) is 0 Å². The first-order valence-corrected chi connectivity index (χ1v) is 11.9. The number of fused-ring (bicyclic) bond motifs is 1. The number of nitrogens with one attached hydrogen (secondary N) is 1. The van der Waals surface area contributed by atoms with Gasteiger partial charge < -0.3 is 15.0 Å². The van der Waals surface area contributed by atoms with Crippen LogP contribution in [-0.2, 0) is 17.6 Å². The second kappa shape index (κ2) is 8.90. The molecule has 0 saturated carbocycles. The Balaban J connectivity index is 1.39. The van der Waals surface area contributed by atoms with E-state index in [-0.39, 0.29) is 17.6 Å². The van der Waals surface area contributed by atoms with Gasteiger partial charge in [0.05, 0.1) is 18.7 Å². The van der Waals surface area contributed by atoms with Gasteiger partial charge in [0.15, 0.2) is 5.69 Å². The Morgan fingerprint density at radius 1 is 1.12 bits per heavy atom. The van der Waals surface area contributed by atoms with Crippen molar-refractivity contribution in [3.05, 3.63) is 71.3 Å². The van der Waals surface area contributed by atoms with Gasteiger partial charge in [0.1, 0.15) is 17.6 Å². The fourth-order valence-corrected chi connectivity index (χ4v) is 5.45. The number of anilines is 1. The summed E-state index contributed by atoms with van der Waals surface area (Å²) in [5.41, 5.74) is 3.66. The van der Waals surface area contributed by atoms with Crippen molar-refractivity contribution in [3.8, 4) is 11.4 Å². The second-order valence-corrected chi connectivity index (χ2v) is 9.02. The van der Waals surface area contributed by atoms with Gasteiger partial charge in [-0.2, -0.15) is 5.10 Å². The average molecular weight is 467 g/mol. The topological polar surface area (TPSA) is 76.5 Å². The zero-order valence-electron chi connectivity index (χ0n) is 18.1. The molecule has 9 heteroatoms. The molecule has 2 heterocycles. The third-order valence-corrected chi connectivity index (χ3v) is 7.02. The van der Waals surface area contributed by atoms with Gasteiger partial charge in [0, 0.05) is 22.7 Å². The molecule has 7 nitrogen and oxygen atoms in total. The second-order valence-electron chi connectivity index (χ2n) is 8.02. The maximum Gasteiger partial charge on any atom is 0.276 e. The van der Waals surface area contributed by atoms with Gasteiger partial charge in [-0.1, -0.05) is 0 Å². The predicted molar refractivity (Wildman–Crippen MR) is 124 cm³/mol. The SMILES string of the molecule is COc1ccc(NC(=O)C2CSCN2C(=O)c2nn(-c3ccc(F)cc3)c3c2CCC3)cc1. The number of rotatable bonds is 5. The van der Waals surface area contributed by atoms with E-state index >= 15 is 0 Å². The fraction of sp³-hybridized carbons (Fsp3) is 0.292. The predicted octanol–water partition coefficient (Wildman–Crippen LogP) is 3.66. The van der Waals surface area contributed by atoms with Gasteiger partial charge in [0.2, 0.25) is 5.91 Å². The van der Waals surface area contributed by atoms with Gasteiger partial charge >= 0.3 is 0 Å². The van der Waals surface area contributed by atoms with Crippen LogP contribution in [-0.4, -0.2) is 51.3 Å². The summed E-state index contributed by atoms with van der Waals surface area (Å²) in [6.07, 6.45) is 2.51. The van der Waals surface area contributed by atoms with Gasteiger partial charge in [-0.25, -0.2) is 9.07 Å². The number of hydrogen-bond acceptors (Lipinski definition) is 5. The van der Waals surface area contributed by atoms with Gasteiger partial charge in [-0.05, 0) is 67.8 Å². The maximum absolute atomic E-state index is 13.5. The number of carbonyl (C=O) groups excluding carboxylic acids is 2. The Kier molecular flexibility index (Phi) is 5.80. The lowest BCUT2D eigenvalue weighted by Gasteiger charge is -2.22. The summed E-state index contributed by atoms with van der Waals surface area (Å²) in [6, 6.07) is 12.6. The lowest BCUT2D eigenvalue weighted by molar-refractivity contribution is -0.119. The van der Waals surface area contributed by atoms with Crippen LogP contribution < -0.4 is 10.1 Å². The quantitative estimate of drug-likeness (QED) is 0.621. The minimum Gasteiger partial charge on any atom is -0.497 e. The zero-order chi connectivity index (χ0) is 22.9. The fourth-order valence-electron chi connectivity index (χ4n) is 4.30. The van der Waals surface area contributed by atoms with Crippen molar-refractivity contribution in [1.82, 2.24) is 14.7 Å². The van der Waals surface area contributed by atoms with Gasteiger partial charge in [-0.15, -0.1) is 11.8 Å². The molecule has 2 aromatic carbocycles. The van der Waals surface area contributed by atoms with Crippen LogP contribution >= 0.6 is 11.8 Å². The van der Waals surface area contributed by atoms with E-state index in [2.05, 4.69) is 10.4 Å². The van der Waals surface area contributed by atoms with E-state index < -0.39 is 6.04 Å². The molecule has 5 rings (SSSR count). The van der Waals surface area contributed by atoms with Crippen LogP contribution in [0, 0.1) is 5.82 Å². The number of nitrogens with zero attached hydrogens (tertiary/aromatic N) is 3. The molecule has 1 atom stereocenters. The van der Waals surface area contributed by atoms with E-state index in [0.717, 1.165) is 36.2 Å². The number of ether oxygens (including phenoxy) is 1. The third-order valence-electron chi connectivity index (χ3n) is 6.01. The number of carbonyl (C=O) groups is 2. The highest BCUT2D eigenvalue weighted by atomic mass is 32.2. The molecule has 1 saturated heterocycles. The van der Waals surface area contributed by atoms with Crippen molar-refractivity contribution in [1.29, 1.82) is 0 Å². The Bertz CT molecular complexity index is 1190. The van der Waals surface area contributed by atoms with Crippen LogP contribution in [0.4, 0.5) is 10.1 Å². The van der Waals surface area contributed by atoms with Gasteiger partial charge in [-0.3, -0.25) is 9.59 Å². The van der Waals surface area contributed by atoms with Crippen LogP contribution in [0.3, 0.4) is 0 Å². The molecular weight excluding hydrogens is 443 g/mol. The molecule has 0 bridgehead atoms. The molecule has 33 heavy (non-hydrogen) atoms. The van der Waals surface area contributed by atoms with Crippen molar-refractivity contribution in [2.45, 2.75) is 25.3 Å². The average Bonchev–Trinajstić information content (AvgIpc) is 3.56. The summed E-state index contributed by atoms with van der Waals surface area (Å²) >= 11 is 1.54. The Morgan fingerprint density at radius 2 is 1.88 bits per heavy atom. The summed E-state index contributed by atoms with van der Waals surface area (Å²) in [6.45, 7) is 0. The summed E-state index contributed by atoms with van der Waals surface area (Å²) in [5.74, 6) is 0.860. The first-order valence-electron chi connectivity index (χ1n) is 10.8. The standard InChI is InChI=1S/C24H23FN4O3S/c1-32-18-11-7-16(8-12-18)26-23(30)21-13-33-14-28(21)24(31)22-19-3-2-4-20(19)29(27-22)17-9-5-15(25)6-10-17/h5-12,21H,2-4,13-14H2,1H3,(H,26,30). The van der Waals surface area contributed by atoms with E-state index in [1.165, 1.54) is 12.1 Å². The molecule has 3 aromatic rings. The largest absolute Gasteiger partial charge is 0.497 e. The van der Waals surface area contributed by atoms with Crippen molar-refractivity contribution in [2.75, 3.05) is 24.1 Å². The minimum absolute atomic E-state index is 0.229. The Labute approximate surface area is 194 Å². The smallest absolute Gasteiger partial charge is 0.276 e. The molecule has 0 radical (unpaired) electrons. The highest BCUT2D eigenvalue weighted by Gasteiger charge is 2.38. The van der Waals surface area contributed by atoms with Gasteiger partial charge in [0.25, 0.3) is 5.91 Å². The molecule has 0 spiro atoms. The van der Waals surface area contributed by atoms with Crippen molar-refractivity contribution in [2.24, 2.45) is 0 Å². The van der Waals surface area contributed by atoms with Crippen LogP contribution in [0.15, 0.2) is 48.5 Å². The van der Waals surface area contributed by atoms with Crippen LogP contribution in [0.2, 0.25) is 0 Å². The number of aromatic nitrogens is 2. The molecule has 170 valence electrons. The lowest BCUT2D eigenvalue weighted by atomic mass is 10.1. The summed E-state index contributed by atoms with van der Waals surface area (Å²) in [7, 11) is 1.58. The zero-order valence-corrected chi connectivity index (χ0v) is 18.9. The summed E-state index contributed by atoms with van der Waals surface area (Å²) < 4.78 is 20.3. The highest BCUT2D eigenvalue weighted by molar-refractivity contribution is 7.99. The summed E-state index contributed by atoms with van der Waals surface area (Å²) in [4.78, 5) is 28.1. The Hall–Kier alpha value is -3.33. The monoisotopic (exact) mass is 466 g/mol. The number of amides is 2. The minimum atomic E-state index is -0.586. The summed E-state index contributed by atoms with van der Waals surface area (Å²) in [5, 5.41) is 7.52. The van der Waals surface area contributed by atoms with Crippen molar-refractivity contribution >= 4 is 29.3 Å². The number of thioether (sulfide) groups is 1. The Morgan fingerprint density at radius 3 is 2.61 bits per heavy atom. The van der Waals surface area contributed by atoms with Crippen LogP contribution in [0.25, 0.3) is 5.69 Å². The maximum atomic E-state index is 13.5. The first kappa shape index (κ1) is 21.5. The van der Waals surface area contributed by atoms with E-state index in [9.17, 15) is 14.0 Å². The van der Waals surface area contributed by atoms with Crippen LogP contribution in [0.5, 0.6) is 5.75 Å². The molecule has 1 N–H and O–H groups in total. The molecule has 2 amide bonds. The number of hydrogen-bond donors (Lipinski definition) is 1. The van der Waals surface area contributed by atoms with E-state index in [4.69, 9.17) is 4.74 Å². The molecule has 1 aliphatic heterocycles. The molecule has 1 aliphatic carbocycles. The van der Waals surface area contributed by atoms with E-state index in [1.54, 1.807) is 64.9 Å². The number of benzene rings is 2. The number of methoxy groups -OCH3 is 1. The molecule has 1 unspecified atom stereocenters. The van der Waals surface area contributed by atoms with E-state index in [1.807, 2.05) is 0 Å². The normalized spacial score (nSPS) is 17.2. The number of halogens is 1. The lowest BCUT2D eigenvalue weighted by Crippen LogP contribution is -2.44.